The smallest absolute Gasteiger partial charge is 0.0213 e. The summed E-state index contributed by atoms with van der Waals surface area (Å²) in [6.45, 7) is 2.39. The maximum atomic E-state index is 3.73. The van der Waals surface area contributed by atoms with E-state index in [4.69, 9.17) is 0 Å². The number of hydrogen-bond acceptors (Lipinski definition) is 0. The summed E-state index contributed by atoms with van der Waals surface area (Å²) in [6, 6.07) is 2.37. The molecule has 2 aliphatic carbocycles. The van der Waals surface area contributed by atoms with Gasteiger partial charge in [0.05, 0.1) is 0 Å². The molecule has 0 radical (unpaired) electrons. The minimum Gasteiger partial charge on any atom is -0.0584 e. The molecule has 1 aromatic rings. The Morgan fingerprint density at radius 3 is 2.93 bits per heavy atom. The number of hydrogen-bond donors (Lipinski definition) is 0. The lowest BCUT2D eigenvalue weighted by atomic mass is 9.94. The third-order valence-corrected chi connectivity index (χ3v) is 4.53. The van der Waals surface area contributed by atoms with Crippen LogP contribution in [0.2, 0.25) is 0 Å². The van der Waals surface area contributed by atoms with Crippen molar-refractivity contribution in [2.45, 2.75) is 44.9 Å². The van der Waals surface area contributed by atoms with Gasteiger partial charge >= 0.3 is 0 Å². The van der Waals surface area contributed by atoms with Gasteiger partial charge in [0.25, 0.3) is 0 Å². The number of rotatable bonds is 0. The van der Waals surface area contributed by atoms with Crippen LogP contribution in [0.1, 0.15) is 47.9 Å². The van der Waals surface area contributed by atoms with Crippen molar-refractivity contribution in [3.8, 4) is 0 Å². The summed E-state index contributed by atoms with van der Waals surface area (Å²) >= 11 is 3.73. The lowest BCUT2D eigenvalue weighted by Crippen LogP contribution is -1.96. The Morgan fingerprint density at radius 2 is 2.07 bits per heavy atom. The van der Waals surface area contributed by atoms with Crippen molar-refractivity contribution in [3.05, 3.63) is 32.8 Å². The molecule has 2 aliphatic rings. The van der Waals surface area contributed by atoms with Crippen molar-refractivity contribution in [1.29, 1.82) is 0 Å². The van der Waals surface area contributed by atoms with Gasteiger partial charge in [-0.15, -0.1) is 0 Å². The van der Waals surface area contributed by atoms with Crippen molar-refractivity contribution >= 4 is 15.9 Å². The lowest BCUT2D eigenvalue weighted by Gasteiger charge is -2.13. The van der Waals surface area contributed by atoms with Crippen LogP contribution < -0.4 is 0 Å². The summed E-state index contributed by atoms with van der Waals surface area (Å²) in [5.74, 6) is 0.800. The summed E-state index contributed by atoms with van der Waals surface area (Å²) in [6.07, 6.45) is 6.63. The molecule has 3 rings (SSSR count). The minimum absolute atomic E-state index is 0.800. The van der Waals surface area contributed by atoms with Crippen LogP contribution in [-0.2, 0) is 19.3 Å². The van der Waals surface area contributed by atoms with Crippen molar-refractivity contribution in [3.63, 3.8) is 0 Å². The molecule has 0 saturated heterocycles. The topological polar surface area (TPSA) is 0 Å². The van der Waals surface area contributed by atoms with Crippen LogP contribution in [-0.4, -0.2) is 0 Å². The van der Waals surface area contributed by atoms with E-state index in [1.165, 1.54) is 36.6 Å². The largest absolute Gasteiger partial charge is 0.0584 e. The van der Waals surface area contributed by atoms with Crippen molar-refractivity contribution in [1.82, 2.24) is 0 Å². The van der Waals surface area contributed by atoms with Crippen LogP contribution in [0.4, 0.5) is 0 Å². The number of halogens is 1. The highest BCUT2D eigenvalue weighted by atomic mass is 79.9. The molecule has 14 heavy (non-hydrogen) atoms. The number of fused-ring (bicyclic) bond motifs is 3. The predicted molar refractivity (Wildman–Crippen MR) is 62.9 cm³/mol. The third kappa shape index (κ3) is 1.11. The van der Waals surface area contributed by atoms with Crippen LogP contribution in [0.25, 0.3) is 0 Å². The Bertz CT molecular complexity index is 393. The standard InChI is InChI=1S/C13H15Br/c1-8-5-6-11-12(14)7-9-3-2-4-10(9)13(8)11/h7-8H,2-6H2,1H3. The maximum Gasteiger partial charge on any atom is 0.0213 e. The molecule has 1 aromatic carbocycles. The summed E-state index contributed by atoms with van der Waals surface area (Å²) < 4.78 is 1.37. The summed E-state index contributed by atoms with van der Waals surface area (Å²) in [4.78, 5) is 0. The molecular formula is C13H15Br. The van der Waals surface area contributed by atoms with Crippen molar-refractivity contribution in [2.75, 3.05) is 0 Å². The van der Waals surface area contributed by atoms with Gasteiger partial charge in [-0.25, -0.2) is 0 Å². The van der Waals surface area contributed by atoms with Gasteiger partial charge in [-0.05, 0) is 66.3 Å². The van der Waals surface area contributed by atoms with E-state index in [1.54, 1.807) is 22.3 Å². The molecule has 0 amide bonds. The fourth-order valence-electron chi connectivity index (χ4n) is 3.14. The fourth-order valence-corrected chi connectivity index (χ4v) is 3.83. The molecule has 0 bridgehead atoms. The molecule has 74 valence electrons. The van der Waals surface area contributed by atoms with E-state index in [2.05, 4.69) is 28.9 Å². The molecule has 1 heteroatoms. The number of aryl methyl sites for hydroxylation is 1. The molecule has 0 saturated carbocycles. The summed E-state index contributed by atoms with van der Waals surface area (Å²) in [5, 5.41) is 0. The molecule has 0 nitrogen and oxygen atoms in total. The van der Waals surface area contributed by atoms with E-state index in [0.29, 0.717) is 0 Å². The van der Waals surface area contributed by atoms with E-state index in [9.17, 15) is 0 Å². The van der Waals surface area contributed by atoms with Crippen molar-refractivity contribution in [2.24, 2.45) is 0 Å². The Balaban J connectivity index is 2.28. The molecule has 1 atom stereocenters. The van der Waals surface area contributed by atoms with Gasteiger partial charge in [0.1, 0.15) is 0 Å². The van der Waals surface area contributed by atoms with Gasteiger partial charge in [-0.2, -0.15) is 0 Å². The Kier molecular flexibility index (Phi) is 1.98. The zero-order valence-electron chi connectivity index (χ0n) is 8.57. The van der Waals surface area contributed by atoms with Gasteiger partial charge in [0.2, 0.25) is 0 Å². The van der Waals surface area contributed by atoms with E-state index in [-0.39, 0.29) is 0 Å². The Hall–Kier alpha value is -0.300. The van der Waals surface area contributed by atoms with Gasteiger partial charge < -0.3 is 0 Å². The highest BCUT2D eigenvalue weighted by Crippen LogP contribution is 2.43. The minimum atomic E-state index is 0.800. The van der Waals surface area contributed by atoms with Gasteiger partial charge in [0.15, 0.2) is 0 Å². The summed E-state index contributed by atoms with van der Waals surface area (Å²) in [7, 11) is 0. The maximum absolute atomic E-state index is 3.73. The number of benzene rings is 1. The summed E-state index contributed by atoms with van der Waals surface area (Å²) in [5.41, 5.74) is 6.63. The average Bonchev–Trinajstić information content (AvgIpc) is 2.71. The molecular weight excluding hydrogens is 236 g/mol. The quantitative estimate of drug-likeness (QED) is 0.654. The van der Waals surface area contributed by atoms with Gasteiger partial charge in [0, 0.05) is 4.47 Å². The predicted octanol–water partition coefficient (Wildman–Crippen LogP) is 3.99. The first-order valence-corrected chi connectivity index (χ1v) is 6.39. The van der Waals surface area contributed by atoms with Crippen LogP contribution in [0.15, 0.2) is 10.5 Å². The van der Waals surface area contributed by atoms with Gasteiger partial charge in [-0.3, -0.25) is 0 Å². The zero-order chi connectivity index (χ0) is 9.71. The van der Waals surface area contributed by atoms with Crippen LogP contribution in [0.5, 0.6) is 0 Å². The molecule has 1 unspecified atom stereocenters. The second kappa shape index (κ2) is 3.10. The monoisotopic (exact) mass is 250 g/mol. The molecule has 0 aliphatic heterocycles. The first-order valence-electron chi connectivity index (χ1n) is 5.60. The SMILES string of the molecule is CC1CCc2c(Br)cc3c(c21)CCC3. The highest BCUT2D eigenvalue weighted by Gasteiger charge is 2.27. The molecule has 0 N–H and O–H groups in total. The molecule has 0 aromatic heterocycles. The molecule has 0 heterocycles. The molecule has 0 fully saturated rings. The lowest BCUT2D eigenvalue weighted by molar-refractivity contribution is 0.740. The zero-order valence-corrected chi connectivity index (χ0v) is 10.2. The fraction of sp³-hybridized carbons (Fsp3) is 0.538. The van der Waals surface area contributed by atoms with Crippen LogP contribution in [0, 0.1) is 0 Å². The van der Waals surface area contributed by atoms with Gasteiger partial charge in [-0.1, -0.05) is 22.9 Å². The highest BCUT2D eigenvalue weighted by molar-refractivity contribution is 9.10. The van der Waals surface area contributed by atoms with Crippen LogP contribution >= 0.6 is 15.9 Å². The average molecular weight is 251 g/mol. The first kappa shape index (κ1) is 8.96. The van der Waals surface area contributed by atoms with E-state index >= 15 is 0 Å². The Labute approximate surface area is 93.8 Å². The first-order chi connectivity index (χ1) is 6.77. The third-order valence-electron chi connectivity index (χ3n) is 3.82. The van der Waals surface area contributed by atoms with Crippen molar-refractivity contribution < 1.29 is 0 Å². The molecule has 0 spiro atoms. The van der Waals surface area contributed by atoms with E-state index in [1.807, 2.05) is 0 Å². The normalized spacial score (nSPS) is 23.7. The second-order valence-corrected chi connectivity index (χ2v) is 5.54. The van der Waals surface area contributed by atoms with Crippen LogP contribution in [0.3, 0.4) is 0 Å². The van der Waals surface area contributed by atoms with E-state index < -0.39 is 0 Å². The van der Waals surface area contributed by atoms with E-state index in [0.717, 1.165) is 5.92 Å². The Morgan fingerprint density at radius 1 is 1.21 bits per heavy atom. The second-order valence-electron chi connectivity index (χ2n) is 4.68.